The van der Waals surface area contributed by atoms with Gasteiger partial charge in [0.05, 0.1) is 79.2 Å². The smallest absolute Gasteiger partial charge is 0.253 e. The summed E-state index contributed by atoms with van der Waals surface area (Å²) in [6, 6.07) is 0. The van der Waals surface area contributed by atoms with Crippen LogP contribution in [0, 0.1) is 0 Å². The molecular formula is C24H40N2O10. The Labute approximate surface area is 212 Å². The fraction of sp³-hybridized carbons (Fsp3) is 0.750. The molecule has 0 aliphatic carbocycles. The molecule has 1 rings (SSSR count). The van der Waals surface area contributed by atoms with Crippen LogP contribution in [0.25, 0.3) is 0 Å². The third-order valence-electron chi connectivity index (χ3n) is 4.87. The van der Waals surface area contributed by atoms with Gasteiger partial charge in [-0.2, -0.15) is 0 Å². The lowest BCUT2D eigenvalue weighted by atomic mass is 10.1. The van der Waals surface area contributed by atoms with E-state index in [0.29, 0.717) is 98.5 Å². The van der Waals surface area contributed by atoms with E-state index in [4.69, 9.17) is 34.2 Å². The first kappa shape index (κ1) is 32.0. The number of rotatable bonds is 26. The lowest BCUT2D eigenvalue weighted by molar-refractivity contribution is -0.137. The molecule has 1 aliphatic heterocycles. The van der Waals surface area contributed by atoms with Gasteiger partial charge in [-0.15, -0.1) is 0 Å². The third kappa shape index (κ3) is 17.4. The average Bonchev–Trinajstić information content (AvgIpc) is 3.20. The highest BCUT2D eigenvalue weighted by atomic mass is 16.6. The summed E-state index contributed by atoms with van der Waals surface area (Å²) in [5.41, 5.74) is 5.20. The minimum absolute atomic E-state index is 0.00465. The van der Waals surface area contributed by atoms with Crippen molar-refractivity contribution < 1.29 is 47.6 Å². The first-order valence-corrected chi connectivity index (χ1v) is 12.3. The second-order valence-corrected chi connectivity index (χ2v) is 7.72. The predicted molar refractivity (Wildman–Crippen MR) is 128 cm³/mol. The number of nitrogens with zero attached hydrogens (tertiary/aromatic N) is 1. The minimum Gasteiger partial charge on any atom is -0.379 e. The van der Waals surface area contributed by atoms with E-state index in [9.17, 15) is 19.2 Å². The van der Waals surface area contributed by atoms with Gasteiger partial charge in [-0.05, 0) is 6.42 Å². The zero-order chi connectivity index (χ0) is 26.3. The normalized spacial score (nSPS) is 13.2. The summed E-state index contributed by atoms with van der Waals surface area (Å²) in [5, 5.41) is 0. The number of carbonyl (C=O) groups excluding carboxylic acids is 4. The van der Waals surface area contributed by atoms with Crippen molar-refractivity contribution >= 4 is 23.4 Å². The quantitative estimate of drug-likeness (QED) is 0.119. The van der Waals surface area contributed by atoms with E-state index in [0.717, 1.165) is 4.90 Å². The van der Waals surface area contributed by atoms with Crippen molar-refractivity contribution in [1.29, 1.82) is 0 Å². The average molecular weight is 517 g/mol. The number of carbonyl (C=O) groups is 4. The molecule has 12 nitrogen and oxygen atoms in total. The van der Waals surface area contributed by atoms with E-state index < -0.39 is 0 Å². The molecule has 1 aliphatic rings. The van der Waals surface area contributed by atoms with Gasteiger partial charge in [-0.1, -0.05) is 0 Å². The van der Waals surface area contributed by atoms with Crippen LogP contribution in [0.15, 0.2) is 12.2 Å². The van der Waals surface area contributed by atoms with E-state index in [-0.39, 0.29) is 42.9 Å². The first-order valence-electron chi connectivity index (χ1n) is 12.3. The molecule has 0 saturated heterocycles. The van der Waals surface area contributed by atoms with Gasteiger partial charge in [0.2, 0.25) is 0 Å². The number of amides is 2. The molecule has 1 heterocycles. The van der Waals surface area contributed by atoms with Crippen LogP contribution in [0.1, 0.15) is 25.7 Å². The monoisotopic (exact) mass is 516 g/mol. The van der Waals surface area contributed by atoms with E-state index in [1.54, 1.807) is 0 Å². The van der Waals surface area contributed by atoms with Gasteiger partial charge in [0.1, 0.15) is 11.6 Å². The Bertz CT molecular complexity index is 653. The number of ketones is 2. The molecule has 2 N–H and O–H groups in total. The SMILES string of the molecule is NCC(=O)CCOCCOCCOCCOCCOCCOCCCC(=O)CCN1C(=O)C=CC1=O. The van der Waals surface area contributed by atoms with E-state index >= 15 is 0 Å². The summed E-state index contributed by atoms with van der Waals surface area (Å²) >= 11 is 0. The van der Waals surface area contributed by atoms with Crippen molar-refractivity contribution in [3.63, 3.8) is 0 Å². The molecule has 2 amide bonds. The van der Waals surface area contributed by atoms with E-state index in [1.165, 1.54) is 12.2 Å². The fourth-order valence-electron chi connectivity index (χ4n) is 2.87. The molecule has 0 radical (unpaired) electrons. The Morgan fingerprint density at radius 1 is 0.583 bits per heavy atom. The number of Topliss-reactive ketones (excluding diaryl/α,β-unsaturated/α-hetero) is 2. The molecule has 0 fully saturated rings. The molecular weight excluding hydrogens is 476 g/mol. The van der Waals surface area contributed by atoms with Gasteiger partial charge in [0.25, 0.3) is 11.8 Å². The highest BCUT2D eigenvalue weighted by molar-refractivity contribution is 6.13. The van der Waals surface area contributed by atoms with Gasteiger partial charge in [-0.3, -0.25) is 24.1 Å². The van der Waals surface area contributed by atoms with Crippen molar-refractivity contribution in [2.75, 3.05) is 92.4 Å². The van der Waals surface area contributed by atoms with Gasteiger partial charge in [0, 0.05) is 44.6 Å². The number of hydrogen-bond acceptors (Lipinski definition) is 11. The molecule has 0 spiro atoms. The zero-order valence-electron chi connectivity index (χ0n) is 21.0. The topological polar surface area (TPSA) is 153 Å². The molecule has 36 heavy (non-hydrogen) atoms. The summed E-state index contributed by atoms with van der Waals surface area (Å²) in [6.45, 7) is 5.46. The summed E-state index contributed by atoms with van der Waals surface area (Å²) in [5.74, 6) is -0.763. The molecule has 0 saturated carbocycles. The Morgan fingerprint density at radius 3 is 1.44 bits per heavy atom. The first-order chi connectivity index (χ1) is 17.5. The second kappa shape index (κ2) is 22.2. The predicted octanol–water partition coefficient (Wildman–Crippen LogP) is -0.332. The highest BCUT2D eigenvalue weighted by Gasteiger charge is 2.23. The maximum absolute atomic E-state index is 11.8. The van der Waals surface area contributed by atoms with Crippen LogP contribution in [-0.2, 0) is 47.6 Å². The lowest BCUT2D eigenvalue weighted by Gasteiger charge is -2.12. The molecule has 0 aromatic rings. The number of nitrogens with two attached hydrogens (primary N) is 1. The minimum atomic E-state index is -0.370. The Morgan fingerprint density at radius 2 is 1.00 bits per heavy atom. The standard InChI is InChI=1S/C24H40N2O10/c25-20-22(28)6-9-32-11-13-34-15-17-36-19-18-35-16-14-33-12-10-31-8-1-2-21(27)5-7-26-23(29)3-4-24(26)30/h3-4H,1-2,5-20,25H2. The molecule has 0 aromatic heterocycles. The van der Waals surface area contributed by atoms with Crippen molar-refractivity contribution in [3.05, 3.63) is 12.2 Å². The van der Waals surface area contributed by atoms with Crippen LogP contribution in [-0.4, -0.2) is 121 Å². The number of ether oxygens (including phenoxy) is 6. The van der Waals surface area contributed by atoms with E-state index in [2.05, 4.69) is 0 Å². The van der Waals surface area contributed by atoms with Crippen LogP contribution < -0.4 is 5.73 Å². The van der Waals surface area contributed by atoms with Crippen LogP contribution in [0.4, 0.5) is 0 Å². The summed E-state index contributed by atoms with van der Waals surface area (Å²) in [4.78, 5) is 46.7. The highest BCUT2D eigenvalue weighted by Crippen LogP contribution is 2.06. The van der Waals surface area contributed by atoms with Gasteiger partial charge < -0.3 is 34.2 Å². The Kier molecular flexibility index (Phi) is 19.7. The van der Waals surface area contributed by atoms with Gasteiger partial charge >= 0.3 is 0 Å². The lowest BCUT2D eigenvalue weighted by Crippen LogP contribution is -2.32. The largest absolute Gasteiger partial charge is 0.379 e. The second-order valence-electron chi connectivity index (χ2n) is 7.72. The van der Waals surface area contributed by atoms with Crippen LogP contribution in [0.2, 0.25) is 0 Å². The van der Waals surface area contributed by atoms with Crippen LogP contribution >= 0.6 is 0 Å². The maximum atomic E-state index is 11.8. The van der Waals surface area contributed by atoms with Crippen molar-refractivity contribution in [2.45, 2.75) is 25.7 Å². The molecule has 0 atom stereocenters. The van der Waals surface area contributed by atoms with Crippen molar-refractivity contribution in [3.8, 4) is 0 Å². The van der Waals surface area contributed by atoms with Gasteiger partial charge in [0.15, 0.2) is 0 Å². The van der Waals surface area contributed by atoms with Crippen molar-refractivity contribution in [2.24, 2.45) is 5.73 Å². The molecule has 206 valence electrons. The molecule has 0 aromatic carbocycles. The summed E-state index contributed by atoms with van der Waals surface area (Å²) in [6.07, 6.45) is 3.84. The van der Waals surface area contributed by atoms with Crippen molar-refractivity contribution in [1.82, 2.24) is 4.90 Å². The number of hydrogen-bond donors (Lipinski definition) is 1. The Hall–Kier alpha value is -2.06. The summed E-state index contributed by atoms with van der Waals surface area (Å²) in [7, 11) is 0. The summed E-state index contributed by atoms with van der Waals surface area (Å²) < 4.78 is 32.2. The third-order valence-corrected chi connectivity index (χ3v) is 4.87. The van der Waals surface area contributed by atoms with Crippen LogP contribution in [0.3, 0.4) is 0 Å². The fourth-order valence-corrected chi connectivity index (χ4v) is 2.87. The molecule has 0 bridgehead atoms. The maximum Gasteiger partial charge on any atom is 0.253 e. The number of imide groups is 1. The molecule has 12 heteroatoms. The zero-order valence-corrected chi connectivity index (χ0v) is 21.0. The van der Waals surface area contributed by atoms with Crippen LogP contribution in [0.5, 0.6) is 0 Å². The van der Waals surface area contributed by atoms with E-state index in [1.807, 2.05) is 0 Å². The Balaban J connectivity index is 1.72. The molecule has 0 unspecified atom stereocenters. The van der Waals surface area contributed by atoms with Gasteiger partial charge in [-0.25, -0.2) is 0 Å².